The highest BCUT2D eigenvalue weighted by atomic mass is 16.4. The van der Waals surface area contributed by atoms with Crippen molar-refractivity contribution in [3.8, 4) is 0 Å². The molecule has 0 saturated carbocycles. The Hall–Kier alpha value is -2.13. The molecule has 0 aliphatic carbocycles. The van der Waals surface area contributed by atoms with Crippen LogP contribution in [-0.2, 0) is 4.79 Å². The highest BCUT2D eigenvalue weighted by Gasteiger charge is 2.37. The Morgan fingerprint density at radius 2 is 1.82 bits per heavy atom. The average molecular weight is 295 g/mol. The van der Waals surface area contributed by atoms with Gasteiger partial charge in [-0.3, -0.25) is 9.69 Å². The van der Waals surface area contributed by atoms with Gasteiger partial charge in [-0.15, -0.1) is 0 Å². The second-order valence-electron chi connectivity index (χ2n) is 5.90. The molecule has 2 aromatic rings. The van der Waals surface area contributed by atoms with Crippen LogP contribution in [0.4, 0.5) is 0 Å². The molecule has 1 saturated heterocycles. The fourth-order valence-corrected chi connectivity index (χ4v) is 3.44. The van der Waals surface area contributed by atoms with Crippen LogP contribution in [0.3, 0.4) is 0 Å². The van der Waals surface area contributed by atoms with Crippen LogP contribution >= 0.6 is 0 Å². The lowest BCUT2D eigenvalue weighted by Crippen LogP contribution is -2.39. The van der Waals surface area contributed by atoms with Crippen LogP contribution in [0.1, 0.15) is 35.6 Å². The minimum Gasteiger partial charge on any atom is -0.480 e. The van der Waals surface area contributed by atoms with Crippen LogP contribution < -0.4 is 0 Å². The number of hydrogen-bond donors (Lipinski definition) is 1. The quantitative estimate of drug-likeness (QED) is 0.936. The summed E-state index contributed by atoms with van der Waals surface area (Å²) in [6, 6.07) is 18.1. The van der Waals surface area contributed by atoms with E-state index in [1.807, 2.05) is 30.3 Å². The maximum atomic E-state index is 11.6. The normalized spacial score (nSPS) is 20.0. The third-order valence-electron chi connectivity index (χ3n) is 4.51. The maximum Gasteiger partial charge on any atom is 0.320 e. The summed E-state index contributed by atoms with van der Waals surface area (Å²) < 4.78 is 0. The molecule has 1 N–H and O–H groups in total. The van der Waals surface area contributed by atoms with Crippen molar-refractivity contribution in [2.75, 3.05) is 6.54 Å². The number of carboxylic acid groups (broad SMARTS) is 1. The molecular weight excluding hydrogens is 274 g/mol. The molecule has 0 amide bonds. The lowest BCUT2D eigenvalue weighted by molar-refractivity contribution is -0.142. The van der Waals surface area contributed by atoms with Gasteiger partial charge in [-0.05, 0) is 36.5 Å². The smallest absolute Gasteiger partial charge is 0.320 e. The molecule has 3 heteroatoms. The number of carboxylic acids is 1. The molecule has 1 aliphatic heterocycles. The summed E-state index contributed by atoms with van der Waals surface area (Å²) in [5.74, 6) is -0.716. The molecule has 22 heavy (non-hydrogen) atoms. The minimum atomic E-state index is -0.716. The molecule has 0 spiro atoms. The molecule has 3 rings (SSSR count). The van der Waals surface area contributed by atoms with Crippen molar-refractivity contribution in [1.82, 2.24) is 4.90 Å². The molecular formula is C19H21NO2. The van der Waals surface area contributed by atoms with E-state index >= 15 is 0 Å². The van der Waals surface area contributed by atoms with Crippen molar-refractivity contribution < 1.29 is 9.90 Å². The minimum absolute atomic E-state index is 0.00556. The topological polar surface area (TPSA) is 40.5 Å². The van der Waals surface area contributed by atoms with E-state index in [2.05, 4.69) is 36.1 Å². The SMILES string of the molecule is Cc1ccccc1C(c1ccccc1)N1CCCC1C(=O)O. The van der Waals surface area contributed by atoms with Crippen molar-refractivity contribution >= 4 is 5.97 Å². The third-order valence-corrected chi connectivity index (χ3v) is 4.51. The molecule has 1 heterocycles. The first kappa shape index (κ1) is 14.8. The summed E-state index contributed by atoms with van der Waals surface area (Å²) in [5.41, 5.74) is 3.55. The fraction of sp³-hybridized carbons (Fsp3) is 0.316. The van der Waals surface area contributed by atoms with Gasteiger partial charge >= 0.3 is 5.97 Å². The number of nitrogens with zero attached hydrogens (tertiary/aromatic N) is 1. The van der Waals surface area contributed by atoms with E-state index in [9.17, 15) is 9.90 Å². The summed E-state index contributed by atoms with van der Waals surface area (Å²) in [6.07, 6.45) is 1.66. The number of hydrogen-bond acceptors (Lipinski definition) is 2. The van der Waals surface area contributed by atoms with Gasteiger partial charge in [-0.1, -0.05) is 54.6 Å². The van der Waals surface area contributed by atoms with Crippen LogP contribution in [0, 0.1) is 6.92 Å². The van der Waals surface area contributed by atoms with Crippen LogP contribution in [0.25, 0.3) is 0 Å². The number of aliphatic carboxylic acids is 1. The average Bonchev–Trinajstić information content (AvgIpc) is 3.00. The molecule has 2 atom stereocenters. The number of carbonyl (C=O) groups is 1. The molecule has 1 aliphatic rings. The van der Waals surface area contributed by atoms with E-state index in [-0.39, 0.29) is 6.04 Å². The Balaban J connectivity index is 2.08. The molecule has 1 fully saturated rings. The van der Waals surface area contributed by atoms with E-state index in [1.54, 1.807) is 0 Å². The zero-order valence-corrected chi connectivity index (χ0v) is 12.8. The molecule has 114 valence electrons. The first-order chi connectivity index (χ1) is 10.7. The van der Waals surface area contributed by atoms with Crippen LogP contribution in [-0.4, -0.2) is 28.6 Å². The van der Waals surface area contributed by atoms with Gasteiger partial charge in [0, 0.05) is 6.54 Å². The summed E-state index contributed by atoms with van der Waals surface area (Å²) in [6.45, 7) is 2.92. The highest BCUT2D eigenvalue weighted by molar-refractivity contribution is 5.74. The number of likely N-dealkylation sites (tertiary alicyclic amines) is 1. The monoisotopic (exact) mass is 295 g/mol. The van der Waals surface area contributed by atoms with Gasteiger partial charge in [-0.2, -0.15) is 0 Å². The largest absolute Gasteiger partial charge is 0.480 e. The van der Waals surface area contributed by atoms with Crippen LogP contribution in [0.15, 0.2) is 54.6 Å². The van der Waals surface area contributed by atoms with Crippen molar-refractivity contribution in [2.45, 2.75) is 31.8 Å². The Morgan fingerprint density at radius 1 is 1.14 bits per heavy atom. The second kappa shape index (κ2) is 6.32. The first-order valence-corrected chi connectivity index (χ1v) is 7.77. The van der Waals surface area contributed by atoms with Gasteiger partial charge in [0.15, 0.2) is 0 Å². The number of aryl methyl sites for hydroxylation is 1. The van der Waals surface area contributed by atoms with E-state index in [1.165, 1.54) is 11.1 Å². The predicted octanol–water partition coefficient (Wildman–Crippen LogP) is 3.63. The molecule has 0 aromatic heterocycles. The Bertz CT molecular complexity index is 653. The maximum absolute atomic E-state index is 11.6. The van der Waals surface area contributed by atoms with Crippen molar-refractivity contribution in [3.05, 3.63) is 71.3 Å². The second-order valence-corrected chi connectivity index (χ2v) is 5.90. The third kappa shape index (κ3) is 2.77. The van der Waals surface area contributed by atoms with E-state index in [0.29, 0.717) is 0 Å². The van der Waals surface area contributed by atoms with Crippen molar-refractivity contribution in [2.24, 2.45) is 0 Å². The first-order valence-electron chi connectivity index (χ1n) is 7.77. The Labute approximate surface area is 131 Å². The summed E-state index contributed by atoms with van der Waals surface area (Å²) in [4.78, 5) is 13.8. The van der Waals surface area contributed by atoms with Gasteiger partial charge < -0.3 is 5.11 Å². The Morgan fingerprint density at radius 3 is 2.50 bits per heavy atom. The lowest BCUT2D eigenvalue weighted by Gasteiger charge is -2.33. The standard InChI is InChI=1S/C19H21NO2/c1-14-8-5-6-11-16(14)18(15-9-3-2-4-10-15)20-13-7-12-17(20)19(21)22/h2-6,8-11,17-18H,7,12-13H2,1H3,(H,21,22). The van der Waals surface area contributed by atoms with E-state index in [0.717, 1.165) is 24.9 Å². The summed E-state index contributed by atoms with van der Waals surface area (Å²) >= 11 is 0. The van der Waals surface area contributed by atoms with Gasteiger partial charge in [0.1, 0.15) is 6.04 Å². The van der Waals surface area contributed by atoms with Crippen LogP contribution in [0.5, 0.6) is 0 Å². The Kier molecular flexibility index (Phi) is 4.25. The van der Waals surface area contributed by atoms with E-state index < -0.39 is 12.0 Å². The molecule has 0 bridgehead atoms. The zero-order valence-electron chi connectivity index (χ0n) is 12.8. The summed E-state index contributed by atoms with van der Waals surface area (Å²) in [7, 11) is 0. The lowest BCUT2D eigenvalue weighted by atomic mass is 9.93. The fourth-order valence-electron chi connectivity index (χ4n) is 3.44. The van der Waals surface area contributed by atoms with Gasteiger partial charge in [0.25, 0.3) is 0 Å². The number of rotatable bonds is 4. The van der Waals surface area contributed by atoms with Crippen LogP contribution in [0.2, 0.25) is 0 Å². The van der Waals surface area contributed by atoms with E-state index in [4.69, 9.17) is 0 Å². The zero-order chi connectivity index (χ0) is 15.5. The molecule has 0 radical (unpaired) electrons. The van der Waals surface area contributed by atoms with Crippen molar-refractivity contribution in [3.63, 3.8) is 0 Å². The summed E-state index contributed by atoms with van der Waals surface area (Å²) in [5, 5.41) is 9.55. The molecule has 2 aromatic carbocycles. The van der Waals surface area contributed by atoms with Gasteiger partial charge in [-0.25, -0.2) is 0 Å². The molecule has 3 nitrogen and oxygen atoms in total. The number of benzene rings is 2. The molecule has 2 unspecified atom stereocenters. The van der Waals surface area contributed by atoms with Gasteiger partial charge in [0.05, 0.1) is 6.04 Å². The van der Waals surface area contributed by atoms with Gasteiger partial charge in [0.2, 0.25) is 0 Å². The predicted molar refractivity (Wildman–Crippen MR) is 86.8 cm³/mol. The van der Waals surface area contributed by atoms with Crippen molar-refractivity contribution in [1.29, 1.82) is 0 Å². The highest BCUT2D eigenvalue weighted by Crippen LogP contribution is 2.36.